The smallest absolute Gasteiger partial charge is 0.416 e. The van der Waals surface area contributed by atoms with Gasteiger partial charge >= 0.3 is 11.9 Å². The van der Waals surface area contributed by atoms with Crippen molar-refractivity contribution in [3.8, 4) is 5.75 Å². The fourth-order valence-corrected chi connectivity index (χ4v) is 6.45. The van der Waals surface area contributed by atoms with Crippen LogP contribution in [0.5, 0.6) is 5.75 Å². The molecule has 4 aromatic rings. The predicted molar refractivity (Wildman–Crippen MR) is 158 cm³/mol. The van der Waals surface area contributed by atoms with E-state index in [1.165, 1.54) is 0 Å². The summed E-state index contributed by atoms with van der Waals surface area (Å²) in [5, 5.41) is 10.2. The zero-order valence-corrected chi connectivity index (χ0v) is 24.3. The number of halogens is 4. The van der Waals surface area contributed by atoms with E-state index in [9.17, 15) is 27.9 Å². The lowest BCUT2D eigenvalue weighted by atomic mass is 9.85. The van der Waals surface area contributed by atoms with Crippen LogP contribution < -0.4 is 17.0 Å². The van der Waals surface area contributed by atoms with Crippen LogP contribution in [0, 0.1) is 5.82 Å². The van der Waals surface area contributed by atoms with Gasteiger partial charge in [-0.05, 0) is 36.6 Å². The zero-order chi connectivity index (χ0) is 31.9. The monoisotopic (exact) mass is 624 g/mol. The molecule has 1 spiro atoms. The number of para-hydroxylation sites is 1. The molecule has 1 saturated heterocycles. The summed E-state index contributed by atoms with van der Waals surface area (Å²) >= 11 is 0. The van der Waals surface area contributed by atoms with Crippen LogP contribution in [0.15, 0.2) is 82.4 Å². The van der Waals surface area contributed by atoms with Crippen molar-refractivity contribution in [3.05, 3.63) is 133 Å². The Kier molecular flexibility index (Phi) is 8.14. The fraction of sp³-hybridized carbons (Fsp3) is 0.333. The first-order chi connectivity index (χ1) is 21.5. The fourth-order valence-electron chi connectivity index (χ4n) is 6.45. The number of ether oxygens (including phenoxy) is 1. The highest BCUT2D eigenvalue weighted by Crippen LogP contribution is 2.43. The summed E-state index contributed by atoms with van der Waals surface area (Å²) in [6.07, 6.45) is -4.15. The van der Waals surface area contributed by atoms with Gasteiger partial charge in [-0.25, -0.2) is 9.18 Å². The third-order valence-corrected chi connectivity index (χ3v) is 8.87. The van der Waals surface area contributed by atoms with Crippen LogP contribution in [-0.2, 0) is 42.8 Å². The second-order valence-corrected chi connectivity index (χ2v) is 11.6. The predicted octanol–water partition coefficient (Wildman–Crippen LogP) is 4.64. The van der Waals surface area contributed by atoms with Crippen LogP contribution in [0.25, 0.3) is 0 Å². The van der Waals surface area contributed by atoms with E-state index in [1.54, 1.807) is 42.5 Å². The van der Waals surface area contributed by atoms with Crippen molar-refractivity contribution >= 4 is 0 Å². The summed E-state index contributed by atoms with van der Waals surface area (Å²) in [5.41, 5.74) is 3.64. The van der Waals surface area contributed by atoms with Crippen LogP contribution in [-0.4, -0.2) is 32.2 Å². The lowest BCUT2D eigenvalue weighted by Crippen LogP contribution is -2.49. The molecule has 3 heterocycles. The van der Waals surface area contributed by atoms with Gasteiger partial charge in [0.15, 0.2) is 0 Å². The molecule has 6 rings (SSSR count). The number of aromatic nitrogens is 2. The lowest BCUT2D eigenvalue weighted by Gasteiger charge is -2.39. The van der Waals surface area contributed by atoms with E-state index < -0.39 is 52.6 Å². The Morgan fingerprint density at radius 2 is 1.60 bits per heavy atom. The number of benzene rings is 3. The van der Waals surface area contributed by atoms with Crippen LogP contribution in [0.4, 0.5) is 17.6 Å². The highest BCUT2D eigenvalue weighted by atomic mass is 19.4. The molecule has 236 valence electrons. The topological polar surface area (TPSA) is 103 Å². The van der Waals surface area contributed by atoms with Gasteiger partial charge in [-0.2, -0.15) is 13.2 Å². The summed E-state index contributed by atoms with van der Waals surface area (Å²) in [7, 11) is 0. The molecule has 0 bridgehead atoms. The van der Waals surface area contributed by atoms with Gasteiger partial charge in [0, 0.05) is 36.8 Å². The van der Waals surface area contributed by atoms with Gasteiger partial charge in [0.25, 0.3) is 5.56 Å². The molecule has 0 aliphatic carbocycles. The number of rotatable bonds is 7. The van der Waals surface area contributed by atoms with Gasteiger partial charge in [0.05, 0.1) is 36.5 Å². The minimum Gasteiger partial charge on any atom is -0.508 e. The maximum atomic E-state index is 15.0. The molecule has 1 aromatic heterocycles. The first-order valence-electron chi connectivity index (χ1n) is 14.6. The number of phenols is 1. The molecule has 0 amide bonds. The van der Waals surface area contributed by atoms with Crippen molar-refractivity contribution in [2.24, 2.45) is 5.73 Å². The van der Waals surface area contributed by atoms with E-state index in [0.29, 0.717) is 38.0 Å². The number of piperidine rings is 1. The lowest BCUT2D eigenvalue weighted by molar-refractivity contribution is -0.138. The SMILES string of the molecule is NC(Cn1c(=O)c2c(n(Cc3c(F)cccc3C(F)(F)F)c1=O)COC21CCN(Cc2ccccc2O)CC1)c1ccccc1. The maximum Gasteiger partial charge on any atom is 0.416 e. The summed E-state index contributed by atoms with van der Waals surface area (Å²) < 4.78 is 65.1. The molecule has 3 aromatic carbocycles. The molecular weight excluding hydrogens is 592 g/mol. The molecule has 3 N–H and O–H groups in total. The molecule has 1 unspecified atom stereocenters. The van der Waals surface area contributed by atoms with Crippen molar-refractivity contribution < 1.29 is 27.4 Å². The first kappa shape index (κ1) is 30.8. The number of likely N-dealkylation sites (tertiary alicyclic amines) is 1. The maximum absolute atomic E-state index is 15.0. The Hall–Kier alpha value is -4.26. The van der Waals surface area contributed by atoms with Crippen molar-refractivity contribution in [2.45, 2.75) is 56.9 Å². The van der Waals surface area contributed by atoms with Crippen molar-refractivity contribution in [1.82, 2.24) is 14.0 Å². The molecule has 8 nitrogen and oxygen atoms in total. The second-order valence-electron chi connectivity index (χ2n) is 11.6. The zero-order valence-electron chi connectivity index (χ0n) is 24.3. The summed E-state index contributed by atoms with van der Waals surface area (Å²) in [6.45, 7) is 0.262. The molecule has 1 atom stereocenters. The minimum atomic E-state index is -4.87. The molecule has 0 radical (unpaired) electrons. The Labute approximate surface area is 255 Å². The van der Waals surface area contributed by atoms with Crippen molar-refractivity contribution in [1.29, 1.82) is 0 Å². The van der Waals surface area contributed by atoms with Gasteiger partial charge in [0.1, 0.15) is 17.2 Å². The standard InChI is InChI=1S/C33H32F4N4O4/c34-25-11-6-10-24(33(35,36)37)23(25)18-40-27-20-45-32(13-15-39(16-14-32)17-22-9-4-5-12-28(22)42)29(27)30(43)41(31(40)44)19-26(38)21-7-2-1-3-8-21/h1-12,26,42H,13-20,38H2. The molecular formula is C33H32F4N4O4. The number of nitrogens with zero attached hydrogens (tertiary/aromatic N) is 3. The van der Waals surface area contributed by atoms with Crippen LogP contribution in [0.2, 0.25) is 0 Å². The van der Waals surface area contributed by atoms with Gasteiger partial charge < -0.3 is 15.6 Å². The van der Waals surface area contributed by atoms with E-state index in [4.69, 9.17) is 10.5 Å². The number of hydrogen-bond donors (Lipinski definition) is 2. The van der Waals surface area contributed by atoms with Gasteiger partial charge in [0.2, 0.25) is 0 Å². The van der Waals surface area contributed by atoms with Gasteiger partial charge in [-0.15, -0.1) is 0 Å². The number of fused-ring (bicyclic) bond motifs is 2. The van der Waals surface area contributed by atoms with E-state index in [1.807, 2.05) is 12.1 Å². The Balaban J connectivity index is 1.42. The van der Waals surface area contributed by atoms with Crippen LogP contribution in [0.1, 0.15) is 52.4 Å². The van der Waals surface area contributed by atoms with Crippen molar-refractivity contribution in [3.63, 3.8) is 0 Å². The Morgan fingerprint density at radius 3 is 2.29 bits per heavy atom. The van der Waals surface area contributed by atoms with Crippen molar-refractivity contribution in [2.75, 3.05) is 13.1 Å². The second kappa shape index (κ2) is 11.9. The molecule has 2 aliphatic rings. The van der Waals surface area contributed by atoms with Gasteiger partial charge in [-0.3, -0.25) is 18.8 Å². The molecule has 2 aliphatic heterocycles. The van der Waals surface area contributed by atoms with Crippen LogP contribution >= 0.6 is 0 Å². The molecule has 12 heteroatoms. The minimum absolute atomic E-state index is 0.139. The third kappa shape index (κ3) is 5.81. The van der Waals surface area contributed by atoms with E-state index in [-0.39, 0.29) is 30.2 Å². The first-order valence-corrected chi connectivity index (χ1v) is 14.6. The number of phenolic OH excluding ortho intramolecular Hbond substituents is 1. The summed E-state index contributed by atoms with van der Waals surface area (Å²) in [4.78, 5) is 30.2. The Bertz CT molecular complexity index is 1830. The average molecular weight is 625 g/mol. The van der Waals surface area contributed by atoms with E-state index >= 15 is 4.39 Å². The quantitative estimate of drug-likeness (QED) is 0.291. The molecule has 45 heavy (non-hydrogen) atoms. The highest BCUT2D eigenvalue weighted by molar-refractivity contribution is 5.35. The highest BCUT2D eigenvalue weighted by Gasteiger charge is 2.47. The number of nitrogens with two attached hydrogens (primary N) is 1. The largest absolute Gasteiger partial charge is 0.508 e. The number of alkyl halides is 3. The Morgan fingerprint density at radius 1 is 0.911 bits per heavy atom. The molecule has 1 fully saturated rings. The summed E-state index contributed by atoms with van der Waals surface area (Å²) in [6, 6.07) is 17.7. The summed E-state index contributed by atoms with van der Waals surface area (Å²) in [5.74, 6) is -0.941. The van der Waals surface area contributed by atoms with Gasteiger partial charge in [-0.1, -0.05) is 54.6 Å². The third-order valence-electron chi connectivity index (χ3n) is 8.87. The number of aromatic hydroxyl groups is 1. The van der Waals surface area contributed by atoms with E-state index in [0.717, 1.165) is 32.9 Å². The number of hydrogen-bond acceptors (Lipinski definition) is 6. The average Bonchev–Trinajstić information content (AvgIpc) is 3.38. The normalized spacial score (nSPS) is 17.0. The van der Waals surface area contributed by atoms with E-state index in [2.05, 4.69) is 4.90 Å². The molecule has 0 saturated carbocycles. The van der Waals surface area contributed by atoms with Crippen LogP contribution in [0.3, 0.4) is 0 Å².